The standard InChI is InChI=1S/C27H45N3O4/c1-11-27(8,9)30-16-14-13-15-21(30)24(31)28-23(19(5)6)25(32)29(10)22(18(3)4)17-20(7)26(33)34-12-2/h1,17-19,21-23H,12-16H2,2-10H3,(H,28,31)/t21-,22-,23+/m1/s1. The minimum atomic E-state index is -0.687. The van der Waals surface area contributed by atoms with E-state index in [2.05, 4.69) is 16.1 Å². The summed E-state index contributed by atoms with van der Waals surface area (Å²) in [5.41, 5.74) is -0.0889. The maximum absolute atomic E-state index is 13.6. The van der Waals surface area contributed by atoms with Crippen LogP contribution in [0.3, 0.4) is 0 Å². The number of terminal acetylenes is 1. The van der Waals surface area contributed by atoms with Crippen molar-refractivity contribution >= 4 is 17.8 Å². The van der Waals surface area contributed by atoms with Crippen molar-refractivity contribution < 1.29 is 19.1 Å². The zero-order chi connectivity index (χ0) is 26.2. The van der Waals surface area contributed by atoms with Gasteiger partial charge in [-0.1, -0.05) is 46.1 Å². The fourth-order valence-electron chi connectivity index (χ4n) is 4.41. The monoisotopic (exact) mass is 475 g/mol. The van der Waals surface area contributed by atoms with Gasteiger partial charge in [0.15, 0.2) is 0 Å². The third kappa shape index (κ3) is 7.59. The number of nitrogens with zero attached hydrogens (tertiary/aromatic N) is 2. The van der Waals surface area contributed by atoms with Crippen LogP contribution in [0.2, 0.25) is 0 Å². The largest absolute Gasteiger partial charge is 0.463 e. The number of piperidine rings is 1. The third-order valence-electron chi connectivity index (χ3n) is 6.60. The van der Waals surface area contributed by atoms with Crippen molar-refractivity contribution in [1.29, 1.82) is 0 Å². The van der Waals surface area contributed by atoms with Crippen molar-refractivity contribution in [2.45, 2.75) is 98.3 Å². The number of carbonyl (C=O) groups excluding carboxylic acids is 3. The highest BCUT2D eigenvalue weighted by Crippen LogP contribution is 2.26. The summed E-state index contributed by atoms with van der Waals surface area (Å²) in [6, 6.07) is -1.37. The third-order valence-corrected chi connectivity index (χ3v) is 6.60. The number of amides is 2. The van der Waals surface area contributed by atoms with Gasteiger partial charge >= 0.3 is 5.97 Å². The first-order chi connectivity index (χ1) is 15.8. The van der Waals surface area contributed by atoms with Crippen molar-refractivity contribution in [2.75, 3.05) is 20.2 Å². The lowest BCUT2D eigenvalue weighted by atomic mass is 9.92. The molecular formula is C27H45N3O4. The zero-order valence-electron chi connectivity index (χ0n) is 22.6. The van der Waals surface area contributed by atoms with Gasteiger partial charge in [0, 0.05) is 19.2 Å². The molecule has 7 heteroatoms. The van der Waals surface area contributed by atoms with Crippen LogP contribution in [0.1, 0.15) is 74.7 Å². The molecule has 0 unspecified atom stereocenters. The normalized spacial score (nSPS) is 19.4. The van der Waals surface area contributed by atoms with Crippen LogP contribution >= 0.6 is 0 Å². The van der Waals surface area contributed by atoms with E-state index in [9.17, 15) is 14.4 Å². The van der Waals surface area contributed by atoms with E-state index in [0.717, 1.165) is 19.4 Å². The second-order valence-electron chi connectivity index (χ2n) is 10.4. The van der Waals surface area contributed by atoms with Crippen LogP contribution in [0.15, 0.2) is 11.6 Å². The Labute approximate surface area is 206 Å². The van der Waals surface area contributed by atoms with Crippen LogP contribution in [0.5, 0.6) is 0 Å². The molecule has 0 aromatic rings. The van der Waals surface area contributed by atoms with E-state index < -0.39 is 17.6 Å². The highest BCUT2D eigenvalue weighted by Gasteiger charge is 2.39. The molecule has 0 spiro atoms. The summed E-state index contributed by atoms with van der Waals surface area (Å²) < 4.78 is 5.09. The van der Waals surface area contributed by atoms with Crippen molar-refractivity contribution in [2.24, 2.45) is 11.8 Å². The van der Waals surface area contributed by atoms with E-state index in [1.54, 1.807) is 31.9 Å². The summed E-state index contributed by atoms with van der Waals surface area (Å²) in [6.45, 7) is 16.2. The second-order valence-corrected chi connectivity index (χ2v) is 10.4. The first-order valence-corrected chi connectivity index (χ1v) is 12.5. The Hall–Kier alpha value is -2.33. The van der Waals surface area contributed by atoms with Gasteiger partial charge in [-0.05, 0) is 52.4 Å². The van der Waals surface area contributed by atoms with Crippen LogP contribution < -0.4 is 5.32 Å². The first kappa shape index (κ1) is 29.7. The molecular weight excluding hydrogens is 430 g/mol. The summed E-state index contributed by atoms with van der Waals surface area (Å²) in [5.74, 6) is 2.01. The van der Waals surface area contributed by atoms with Gasteiger partial charge in [0.05, 0.1) is 24.2 Å². The molecule has 1 heterocycles. The van der Waals surface area contributed by atoms with Gasteiger partial charge in [-0.2, -0.15) is 0 Å². The summed E-state index contributed by atoms with van der Waals surface area (Å²) >= 11 is 0. The van der Waals surface area contributed by atoms with Crippen molar-refractivity contribution in [1.82, 2.24) is 15.1 Å². The molecule has 1 fully saturated rings. The van der Waals surface area contributed by atoms with E-state index in [0.29, 0.717) is 18.6 Å². The minimum absolute atomic E-state index is 0.0621. The summed E-state index contributed by atoms with van der Waals surface area (Å²) in [6.07, 6.45) is 10.2. The van der Waals surface area contributed by atoms with E-state index in [-0.39, 0.29) is 35.7 Å². The van der Waals surface area contributed by atoms with Gasteiger partial charge in [0.1, 0.15) is 6.04 Å². The van der Waals surface area contributed by atoms with E-state index in [1.807, 2.05) is 41.5 Å². The quantitative estimate of drug-likeness (QED) is 0.298. The minimum Gasteiger partial charge on any atom is -0.463 e. The molecule has 0 aromatic heterocycles. The Morgan fingerprint density at radius 1 is 1.21 bits per heavy atom. The van der Waals surface area contributed by atoms with Crippen molar-refractivity contribution in [3.8, 4) is 12.3 Å². The van der Waals surface area contributed by atoms with E-state index >= 15 is 0 Å². The fraction of sp³-hybridized carbons (Fsp3) is 0.741. The Morgan fingerprint density at radius 2 is 1.82 bits per heavy atom. The Kier molecular flexibility index (Phi) is 11.3. The van der Waals surface area contributed by atoms with E-state index in [4.69, 9.17) is 11.2 Å². The number of likely N-dealkylation sites (tertiary alicyclic amines) is 1. The lowest BCUT2D eigenvalue weighted by Crippen LogP contribution is -2.61. The van der Waals surface area contributed by atoms with Gasteiger partial charge in [0.2, 0.25) is 11.8 Å². The first-order valence-electron chi connectivity index (χ1n) is 12.5. The van der Waals surface area contributed by atoms with Crippen LogP contribution in [0.25, 0.3) is 0 Å². The van der Waals surface area contributed by atoms with Crippen molar-refractivity contribution in [3.63, 3.8) is 0 Å². The van der Waals surface area contributed by atoms with Gasteiger partial charge in [-0.25, -0.2) is 4.79 Å². The number of hydrogen-bond donors (Lipinski definition) is 1. The lowest BCUT2D eigenvalue weighted by molar-refractivity contribution is -0.141. The predicted molar refractivity (Wildman–Crippen MR) is 136 cm³/mol. The molecule has 0 aliphatic carbocycles. The number of carbonyl (C=O) groups is 3. The lowest BCUT2D eigenvalue weighted by Gasteiger charge is -2.43. The smallest absolute Gasteiger partial charge is 0.333 e. The van der Waals surface area contributed by atoms with Gasteiger partial charge in [-0.15, -0.1) is 6.42 Å². The molecule has 1 saturated heterocycles. The number of esters is 1. The van der Waals surface area contributed by atoms with Crippen LogP contribution in [0.4, 0.5) is 0 Å². The molecule has 1 rings (SSSR count). The Balaban J connectivity index is 3.13. The van der Waals surface area contributed by atoms with Gasteiger partial charge in [-0.3, -0.25) is 14.5 Å². The van der Waals surface area contributed by atoms with Crippen LogP contribution in [-0.2, 0) is 19.1 Å². The summed E-state index contributed by atoms with van der Waals surface area (Å²) in [7, 11) is 1.72. The molecule has 0 bridgehead atoms. The molecule has 0 radical (unpaired) electrons. The average molecular weight is 476 g/mol. The average Bonchev–Trinajstić information content (AvgIpc) is 2.79. The summed E-state index contributed by atoms with van der Waals surface area (Å²) in [4.78, 5) is 42.8. The molecule has 3 atom stereocenters. The van der Waals surface area contributed by atoms with Crippen LogP contribution in [0, 0.1) is 24.2 Å². The fourth-order valence-corrected chi connectivity index (χ4v) is 4.41. The van der Waals surface area contributed by atoms with Crippen LogP contribution in [-0.4, -0.2) is 71.4 Å². The zero-order valence-corrected chi connectivity index (χ0v) is 22.6. The predicted octanol–water partition coefficient (Wildman–Crippen LogP) is 3.39. The molecule has 1 aliphatic heterocycles. The number of hydrogen-bond acceptors (Lipinski definition) is 5. The molecule has 0 saturated carbocycles. The number of ether oxygens (including phenoxy) is 1. The highest BCUT2D eigenvalue weighted by molar-refractivity contribution is 5.91. The SMILES string of the molecule is C#CC(C)(C)N1CCCC[C@@H]1C(=O)N[C@H](C(=O)N(C)[C@H](C=C(C)C(=O)OCC)C(C)C)C(C)C. The molecule has 0 aromatic carbocycles. The van der Waals surface area contributed by atoms with E-state index in [1.165, 1.54) is 0 Å². The Morgan fingerprint density at radius 3 is 2.32 bits per heavy atom. The van der Waals surface area contributed by atoms with Gasteiger partial charge < -0.3 is 15.0 Å². The molecule has 1 N–H and O–H groups in total. The van der Waals surface area contributed by atoms with Crippen molar-refractivity contribution in [3.05, 3.63) is 11.6 Å². The molecule has 34 heavy (non-hydrogen) atoms. The molecule has 7 nitrogen and oxygen atoms in total. The molecule has 1 aliphatic rings. The molecule has 2 amide bonds. The maximum Gasteiger partial charge on any atom is 0.333 e. The highest BCUT2D eigenvalue weighted by atomic mass is 16.5. The maximum atomic E-state index is 13.6. The number of likely N-dealkylation sites (N-methyl/N-ethyl adjacent to an activating group) is 1. The van der Waals surface area contributed by atoms with Gasteiger partial charge in [0.25, 0.3) is 0 Å². The number of nitrogens with one attached hydrogen (secondary N) is 1. The second kappa shape index (κ2) is 12.9. The topological polar surface area (TPSA) is 79.0 Å². The number of rotatable bonds is 10. The molecule has 192 valence electrons. The summed E-state index contributed by atoms with van der Waals surface area (Å²) in [5, 5.41) is 3.03. The Bertz CT molecular complexity index is 794.